The van der Waals surface area contributed by atoms with Gasteiger partial charge in [-0.25, -0.2) is 0 Å². The van der Waals surface area contributed by atoms with Crippen molar-refractivity contribution in [2.75, 3.05) is 0 Å². The van der Waals surface area contributed by atoms with Crippen LogP contribution in [0.3, 0.4) is 0 Å². The molecule has 118 valence electrons. The molecule has 0 saturated carbocycles. The normalized spacial score (nSPS) is 11.2. The van der Waals surface area contributed by atoms with Crippen molar-refractivity contribution in [3.8, 4) is 11.4 Å². The zero-order chi connectivity index (χ0) is 16.8. The number of rotatable bonds is 2. The number of non-ortho nitro benzene ring substituents is 1. The highest BCUT2D eigenvalue weighted by molar-refractivity contribution is 5.88. The van der Waals surface area contributed by atoms with E-state index in [1.807, 2.05) is 48.6 Å². The molecule has 0 bridgehead atoms. The molecule has 2 heterocycles. The topological polar surface area (TPSA) is 73.3 Å². The van der Waals surface area contributed by atoms with Crippen LogP contribution in [0.1, 0.15) is 11.1 Å². The van der Waals surface area contributed by atoms with Crippen LogP contribution in [0, 0.1) is 24.0 Å². The van der Waals surface area contributed by atoms with Crippen molar-refractivity contribution in [3.05, 3.63) is 69.8 Å². The first-order valence-corrected chi connectivity index (χ1v) is 7.54. The second-order valence-corrected chi connectivity index (χ2v) is 5.87. The lowest BCUT2D eigenvalue weighted by Gasteiger charge is -2.08. The lowest BCUT2D eigenvalue weighted by Crippen LogP contribution is -1.96. The smallest absolute Gasteiger partial charge is 0.270 e. The average Bonchev–Trinajstić information content (AvgIpc) is 2.99. The van der Waals surface area contributed by atoms with E-state index in [-0.39, 0.29) is 10.6 Å². The summed E-state index contributed by atoms with van der Waals surface area (Å²) in [7, 11) is 0. The first-order chi connectivity index (χ1) is 11.5. The van der Waals surface area contributed by atoms with E-state index in [2.05, 4.69) is 10.2 Å². The fourth-order valence-electron chi connectivity index (χ4n) is 2.94. The summed E-state index contributed by atoms with van der Waals surface area (Å²) in [6.45, 7) is 3.95. The lowest BCUT2D eigenvalue weighted by atomic mass is 10.1. The zero-order valence-corrected chi connectivity index (χ0v) is 13.2. The third kappa shape index (κ3) is 2.11. The molecule has 0 saturated heterocycles. The minimum absolute atomic E-state index is 0.0786. The van der Waals surface area contributed by atoms with Gasteiger partial charge in [0.15, 0.2) is 11.5 Å². The zero-order valence-electron chi connectivity index (χ0n) is 13.2. The Morgan fingerprint density at radius 3 is 2.46 bits per heavy atom. The summed E-state index contributed by atoms with van der Waals surface area (Å²) in [5, 5.41) is 20.5. The Hall–Kier alpha value is -3.28. The minimum Gasteiger partial charge on any atom is -0.275 e. The molecule has 2 aromatic heterocycles. The van der Waals surface area contributed by atoms with Crippen molar-refractivity contribution in [1.29, 1.82) is 0 Å². The number of pyridine rings is 1. The van der Waals surface area contributed by atoms with Crippen LogP contribution < -0.4 is 0 Å². The van der Waals surface area contributed by atoms with Crippen molar-refractivity contribution in [1.82, 2.24) is 14.6 Å². The van der Waals surface area contributed by atoms with Crippen LogP contribution in [-0.2, 0) is 0 Å². The van der Waals surface area contributed by atoms with E-state index in [9.17, 15) is 10.1 Å². The number of nitro groups is 1. The molecule has 6 nitrogen and oxygen atoms in total. The van der Waals surface area contributed by atoms with Crippen LogP contribution in [0.4, 0.5) is 5.69 Å². The van der Waals surface area contributed by atoms with E-state index < -0.39 is 0 Å². The molecule has 0 amide bonds. The fourth-order valence-corrected chi connectivity index (χ4v) is 2.94. The summed E-state index contributed by atoms with van der Waals surface area (Å²) >= 11 is 0. The molecular weight excluding hydrogens is 304 g/mol. The average molecular weight is 318 g/mol. The van der Waals surface area contributed by atoms with Crippen molar-refractivity contribution in [2.45, 2.75) is 13.8 Å². The Morgan fingerprint density at radius 2 is 1.75 bits per heavy atom. The Bertz CT molecular complexity index is 1100. The van der Waals surface area contributed by atoms with Gasteiger partial charge in [-0.2, -0.15) is 0 Å². The molecule has 4 rings (SSSR count). The van der Waals surface area contributed by atoms with Gasteiger partial charge < -0.3 is 0 Å². The molecular formula is C18H14N4O2. The maximum atomic E-state index is 11.1. The maximum Gasteiger partial charge on any atom is 0.270 e. The van der Waals surface area contributed by atoms with E-state index >= 15 is 0 Å². The number of nitro benzene ring substituents is 1. The molecule has 0 aliphatic heterocycles. The van der Waals surface area contributed by atoms with Gasteiger partial charge in [-0.1, -0.05) is 29.8 Å². The molecule has 2 aromatic carbocycles. The van der Waals surface area contributed by atoms with Gasteiger partial charge in [-0.15, -0.1) is 10.2 Å². The summed E-state index contributed by atoms with van der Waals surface area (Å²) in [6.07, 6.45) is 0. The van der Waals surface area contributed by atoms with Crippen LogP contribution in [-0.4, -0.2) is 19.5 Å². The third-order valence-corrected chi connectivity index (χ3v) is 4.20. The molecule has 0 fully saturated rings. The van der Waals surface area contributed by atoms with E-state index in [4.69, 9.17) is 0 Å². The lowest BCUT2D eigenvalue weighted by molar-refractivity contribution is -0.384. The van der Waals surface area contributed by atoms with Crippen molar-refractivity contribution in [2.24, 2.45) is 0 Å². The van der Waals surface area contributed by atoms with Gasteiger partial charge in [0.25, 0.3) is 5.69 Å². The van der Waals surface area contributed by atoms with Gasteiger partial charge in [0.05, 0.1) is 10.4 Å². The van der Waals surface area contributed by atoms with E-state index in [1.54, 1.807) is 12.1 Å². The quantitative estimate of drug-likeness (QED) is 0.412. The van der Waals surface area contributed by atoms with Crippen LogP contribution in [0.15, 0.2) is 48.5 Å². The SMILES string of the molecule is Cc1ccc(-c2nnc3cc(C)c4cc([N+](=O)[O-])ccc4n23)cc1. The van der Waals surface area contributed by atoms with Gasteiger partial charge in [0.2, 0.25) is 0 Å². The van der Waals surface area contributed by atoms with E-state index in [0.29, 0.717) is 0 Å². The Morgan fingerprint density at radius 1 is 1.00 bits per heavy atom. The number of fused-ring (bicyclic) bond motifs is 3. The maximum absolute atomic E-state index is 11.1. The largest absolute Gasteiger partial charge is 0.275 e. The highest BCUT2D eigenvalue weighted by atomic mass is 16.6. The van der Waals surface area contributed by atoms with Gasteiger partial charge >= 0.3 is 0 Å². The summed E-state index contributed by atoms with van der Waals surface area (Å²) in [5.41, 5.74) is 4.72. The highest BCUT2D eigenvalue weighted by Crippen LogP contribution is 2.28. The van der Waals surface area contributed by atoms with Crippen molar-refractivity contribution < 1.29 is 4.92 Å². The molecule has 0 aliphatic carbocycles. The number of hydrogen-bond acceptors (Lipinski definition) is 4. The molecule has 0 spiro atoms. The van der Waals surface area contributed by atoms with Gasteiger partial charge in [-0.3, -0.25) is 14.5 Å². The molecule has 0 aliphatic rings. The third-order valence-electron chi connectivity index (χ3n) is 4.20. The minimum atomic E-state index is -0.379. The molecule has 0 radical (unpaired) electrons. The number of benzene rings is 2. The Kier molecular flexibility index (Phi) is 3.06. The monoisotopic (exact) mass is 318 g/mol. The summed E-state index contributed by atoms with van der Waals surface area (Å²) in [6, 6.07) is 14.8. The predicted molar refractivity (Wildman–Crippen MR) is 92.1 cm³/mol. The van der Waals surface area contributed by atoms with E-state index in [1.165, 1.54) is 11.6 Å². The highest BCUT2D eigenvalue weighted by Gasteiger charge is 2.15. The Balaban J connectivity index is 2.07. The predicted octanol–water partition coefficient (Wildman–Crippen LogP) is 4.07. The van der Waals surface area contributed by atoms with Gasteiger partial charge in [0.1, 0.15) is 0 Å². The summed E-state index contributed by atoms with van der Waals surface area (Å²) in [5.74, 6) is 0.726. The molecule has 24 heavy (non-hydrogen) atoms. The molecule has 0 atom stereocenters. The Labute approximate surface area is 137 Å². The molecule has 0 unspecified atom stereocenters. The van der Waals surface area contributed by atoms with Crippen molar-refractivity contribution >= 4 is 22.2 Å². The number of aromatic nitrogens is 3. The molecule has 4 aromatic rings. The van der Waals surface area contributed by atoms with E-state index in [0.717, 1.165) is 33.5 Å². The summed E-state index contributed by atoms with van der Waals surface area (Å²) in [4.78, 5) is 10.7. The first-order valence-electron chi connectivity index (χ1n) is 7.54. The van der Waals surface area contributed by atoms with Gasteiger partial charge in [-0.05, 0) is 31.5 Å². The van der Waals surface area contributed by atoms with Crippen LogP contribution in [0.5, 0.6) is 0 Å². The number of hydrogen-bond donors (Lipinski definition) is 0. The second kappa shape index (κ2) is 5.13. The van der Waals surface area contributed by atoms with Gasteiger partial charge in [0, 0.05) is 23.1 Å². The van der Waals surface area contributed by atoms with Crippen LogP contribution in [0.25, 0.3) is 27.9 Å². The van der Waals surface area contributed by atoms with Crippen LogP contribution in [0.2, 0.25) is 0 Å². The first kappa shape index (κ1) is 14.3. The number of nitrogens with zero attached hydrogens (tertiary/aromatic N) is 4. The van der Waals surface area contributed by atoms with Crippen LogP contribution >= 0.6 is 0 Å². The standard InChI is InChI=1S/C18H14N4O2/c1-11-3-5-13(6-4-11)18-20-19-17-9-12(2)15-10-14(22(23)24)7-8-16(15)21(17)18/h3-10H,1-2H3. The second-order valence-electron chi connectivity index (χ2n) is 5.87. The fraction of sp³-hybridized carbons (Fsp3) is 0.111. The molecule has 6 heteroatoms. The van der Waals surface area contributed by atoms with Crippen molar-refractivity contribution in [3.63, 3.8) is 0 Å². The number of aryl methyl sites for hydroxylation is 2. The summed E-state index contributed by atoms with van der Waals surface area (Å²) < 4.78 is 1.94. The molecule has 0 N–H and O–H groups in total.